The molecule has 1 aliphatic rings. The van der Waals surface area contributed by atoms with Gasteiger partial charge in [-0.3, -0.25) is 4.90 Å². The summed E-state index contributed by atoms with van der Waals surface area (Å²) < 4.78 is 27.1. The van der Waals surface area contributed by atoms with Crippen LogP contribution in [0, 0.1) is 0 Å². The smallest absolute Gasteiger partial charge is 0.325 e. The highest BCUT2D eigenvalue weighted by Crippen LogP contribution is 2.40. The molecule has 1 heterocycles. The maximum absolute atomic E-state index is 13.0. The van der Waals surface area contributed by atoms with Crippen molar-refractivity contribution in [1.82, 2.24) is 9.80 Å². The van der Waals surface area contributed by atoms with Crippen LogP contribution in [0.25, 0.3) is 5.70 Å². The van der Waals surface area contributed by atoms with E-state index in [0.29, 0.717) is 34.4 Å². The van der Waals surface area contributed by atoms with Gasteiger partial charge in [0, 0.05) is 31.8 Å². The number of nitrogens with zero attached hydrogens (tertiary/aromatic N) is 2. The number of rotatable bonds is 8. The van der Waals surface area contributed by atoms with Crippen LogP contribution in [0.3, 0.4) is 0 Å². The largest absolute Gasteiger partial charge is 0.496 e. The summed E-state index contributed by atoms with van der Waals surface area (Å²) >= 11 is 0. The van der Waals surface area contributed by atoms with E-state index in [9.17, 15) is 4.79 Å². The molecule has 1 atom stereocenters. The maximum Gasteiger partial charge on any atom is 0.325 e. The molecule has 172 valence electrons. The number of carbonyl (C=O) groups excluding carboxylic acids is 1. The van der Waals surface area contributed by atoms with Crippen LogP contribution in [0.4, 0.5) is 10.5 Å². The summed E-state index contributed by atoms with van der Waals surface area (Å²) in [5, 5.41) is 3.36. The molecule has 1 N–H and O–H groups in total. The zero-order valence-electron chi connectivity index (χ0n) is 19.4. The van der Waals surface area contributed by atoms with E-state index in [4.69, 9.17) is 23.7 Å². The van der Waals surface area contributed by atoms with Crippen LogP contribution in [-0.4, -0.2) is 71.6 Å². The van der Waals surface area contributed by atoms with Gasteiger partial charge in [0.1, 0.15) is 29.1 Å². The van der Waals surface area contributed by atoms with Crippen molar-refractivity contribution in [3.63, 3.8) is 0 Å². The third kappa shape index (κ3) is 4.18. The van der Waals surface area contributed by atoms with Crippen molar-refractivity contribution in [3.8, 4) is 28.7 Å². The van der Waals surface area contributed by atoms with Crippen LogP contribution in [0.15, 0.2) is 36.4 Å². The highest BCUT2D eigenvalue weighted by atomic mass is 16.5. The molecule has 9 heteroatoms. The van der Waals surface area contributed by atoms with Crippen molar-refractivity contribution in [1.29, 1.82) is 0 Å². The lowest BCUT2D eigenvalue weighted by Gasteiger charge is -2.38. The van der Waals surface area contributed by atoms with Gasteiger partial charge in [-0.25, -0.2) is 4.79 Å². The predicted octanol–water partition coefficient (Wildman–Crippen LogP) is 3.51. The van der Waals surface area contributed by atoms with Crippen LogP contribution in [0.2, 0.25) is 0 Å². The zero-order valence-corrected chi connectivity index (χ0v) is 19.4. The number of hydrogen-bond donors (Lipinski definition) is 1. The average molecular weight is 444 g/mol. The van der Waals surface area contributed by atoms with Gasteiger partial charge in [-0.2, -0.15) is 0 Å². The molecule has 2 amide bonds. The van der Waals surface area contributed by atoms with Gasteiger partial charge in [0.25, 0.3) is 0 Å². The fourth-order valence-electron chi connectivity index (χ4n) is 3.55. The minimum absolute atomic E-state index is 0.179. The van der Waals surface area contributed by atoms with Crippen molar-refractivity contribution < 1.29 is 28.5 Å². The summed E-state index contributed by atoms with van der Waals surface area (Å²) in [7, 11) is 11.3. The topological polar surface area (TPSA) is 81.7 Å². The molecule has 32 heavy (non-hydrogen) atoms. The molecular formula is C23H29N3O6. The molecule has 0 aromatic heterocycles. The van der Waals surface area contributed by atoms with Gasteiger partial charge in [0.2, 0.25) is 0 Å². The minimum atomic E-state index is -0.474. The van der Waals surface area contributed by atoms with Gasteiger partial charge < -0.3 is 33.9 Å². The Bertz CT molecular complexity index is 998. The fourth-order valence-corrected chi connectivity index (χ4v) is 3.55. The van der Waals surface area contributed by atoms with E-state index in [1.54, 1.807) is 71.6 Å². The Morgan fingerprint density at radius 3 is 1.91 bits per heavy atom. The molecule has 9 nitrogen and oxygen atoms in total. The Kier molecular flexibility index (Phi) is 6.87. The Balaban J connectivity index is 2.06. The van der Waals surface area contributed by atoms with E-state index in [1.807, 2.05) is 24.3 Å². The van der Waals surface area contributed by atoms with Crippen molar-refractivity contribution in [2.45, 2.75) is 6.17 Å². The van der Waals surface area contributed by atoms with Gasteiger partial charge in [0.05, 0.1) is 41.2 Å². The van der Waals surface area contributed by atoms with Crippen LogP contribution in [0.5, 0.6) is 28.7 Å². The summed E-state index contributed by atoms with van der Waals surface area (Å²) in [6.45, 7) is 0. The first-order valence-corrected chi connectivity index (χ1v) is 9.89. The summed E-state index contributed by atoms with van der Waals surface area (Å²) in [5.74, 6) is 2.84. The molecular weight excluding hydrogens is 414 g/mol. The highest BCUT2D eigenvalue weighted by Gasteiger charge is 2.31. The number of carbonyl (C=O) groups is 1. The number of hydrogen-bond acceptors (Lipinski definition) is 7. The number of benzene rings is 2. The van der Waals surface area contributed by atoms with Crippen LogP contribution >= 0.6 is 0 Å². The van der Waals surface area contributed by atoms with E-state index >= 15 is 0 Å². The second-order valence-corrected chi connectivity index (χ2v) is 7.07. The molecule has 1 aliphatic heterocycles. The molecule has 0 fully saturated rings. The normalized spacial score (nSPS) is 15.8. The molecule has 0 saturated carbocycles. The zero-order chi connectivity index (χ0) is 23.4. The standard InChI is InChI=1S/C23H29N3O6/c1-25-16(14-8-9-17(29-4)18(10-14)30-5)13-21(26(2)23(25)27)24-22-19(31-6)11-15(28-3)12-20(22)32-7/h8-13,21,24H,1-7H3. The molecule has 2 aromatic carbocycles. The Hall–Kier alpha value is -3.75. The van der Waals surface area contributed by atoms with Gasteiger partial charge in [-0.05, 0) is 24.3 Å². The molecule has 3 rings (SSSR count). The minimum Gasteiger partial charge on any atom is -0.496 e. The van der Waals surface area contributed by atoms with Crippen molar-refractivity contribution in [3.05, 3.63) is 42.0 Å². The van der Waals surface area contributed by atoms with Crippen molar-refractivity contribution in [2.75, 3.05) is 55.0 Å². The summed E-state index contributed by atoms with van der Waals surface area (Å²) in [4.78, 5) is 16.2. The Morgan fingerprint density at radius 1 is 0.781 bits per heavy atom. The summed E-state index contributed by atoms with van der Waals surface area (Å²) in [5.41, 5.74) is 2.14. The number of urea groups is 1. The number of methoxy groups -OCH3 is 5. The van der Waals surface area contributed by atoms with Crippen LogP contribution < -0.4 is 29.0 Å². The SMILES string of the molecule is COc1cc(OC)c(NC2C=C(c3ccc(OC)c(OC)c3)N(C)C(=O)N2C)c(OC)c1. The predicted molar refractivity (Wildman–Crippen MR) is 122 cm³/mol. The number of anilines is 1. The molecule has 0 aliphatic carbocycles. The number of ether oxygens (including phenoxy) is 5. The third-order valence-corrected chi connectivity index (χ3v) is 5.37. The molecule has 1 unspecified atom stereocenters. The first-order chi connectivity index (χ1) is 15.4. The monoisotopic (exact) mass is 443 g/mol. The van der Waals surface area contributed by atoms with E-state index in [2.05, 4.69) is 5.32 Å². The fraction of sp³-hybridized carbons (Fsp3) is 0.348. The average Bonchev–Trinajstić information content (AvgIpc) is 2.83. The Labute approximate surface area is 188 Å². The van der Waals surface area contributed by atoms with E-state index in [-0.39, 0.29) is 6.03 Å². The van der Waals surface area contributed by atoms with Crippen LogP contribution in [0.1, 0.15) is 5.56 Å². The van der Waals surface area contributed by atoms with Gasteiger partial charge >= 0.3 is 6.03 Å². The molecule has 0 bridgehead atoms. The summed E-state index contributed by atoms with van der Waals surface area (Å²) in [6.07, 6.45) is 1.48. The van der Waals surface area contributed by atoms with E-state index < -0.39 is 6.17 Å². The lowest BCUT2D eigenvalue weighted by atomic mass is 10.1. The van der Waals surface area contributed by atoms with E-state index in [0.717, 1.165) is 11.3 Å². The third-order valence-electron chi connectivity index (χ3n) is 5.37. The maximum atomic E-state index is 13.0. The lowest BCUT2D eigenvalue weighted by Crippen LogP contribution is -2.50. The first-order valence-electron chi connectivity index (χ1n) is 9.89. The van der Waals surface area contributed by atoms with Gasteiger partial charge in [0.15, 0.2) is 11.5 Å². The highest BCUT2D eigenvalue weighted by molar-refractivity contribution is 5.89. The quantitative estimate of drug-likeness (QED) is 0.669. The van der Waals surface area contributed by atoms with Crippen molar-refractivity contribution >= 4 is 17.4 Å². The molecule has 0 saturated heterocycles. The molecule has 0 radical (unpaired) electrons. The summed E-state index contributed by atoms with van der Waals surface area (Å²) in [6, 6.07) is 8.85. The molecule has 0 spiro atoms. The lowest BCUT2D eigenvalue weighted by molar-refractivity contribution is 0.178. The molecule has 2 aromatic rings. The van der Waals surface area contributed by atoms with E-state index in [1.165, 1.54) is 0 Å². The van der Waals surface area contributed by atoms with Crippen molar-refractivity contribution in [2.24, 2.45) is 0 Å². The second-order valence-electron chi connectivity index (χ2n) is 7.07. The van der Waals surface area contributed by atoms with Crippen LogP contribution in [-0.2, 0) is 0 Å². The second kappa shape index (κ2) is 9.59. The van der Waals surface area contributed by atoms with Gasteiger partial charge in [-0.1, -0.05) is 0 Å². The number of likely N-dealkylation sites (N-methyl/N-ethyl adjacent to an activating group) is 1. The number of amides is 2. The first kappa shape index (κ1) is 22.9. The Morgan fingerprint density at radius 2 is 1.38 bits per heavy atom. The van der Waals surface area contributed by atoms with Gasteiger partial charge in [-0.15, -0.1) is 0 Å². The number of nitrogens with one attached hydrogen (secondary N) is 1.